The Hall–Kier alpha value is -1.13. The molecule has 0 unspecified atom stereocenters. The number of thiazole rings is 1. The third-order valence-corrected chi connectivity index (χ3v) is 2.82. The second kappa shape index (κ2) is 4.59. The van der Waals surface area contributed by atoms with Crippen LogP contribution in [0.3, 0.4) is 0 Å². The summed E-state index contributed by atoms with van der Waals surface area (Å²) in [5.41, 5.74) is 3.40. The van der Waals surface area contributed by atoms with Gasteiger partial charge in [-0.2, -0.15) is 0 Å². The molecule has 0 saturated carbocycles. The minimum absolute atomic E-state index is 0.134. The monoisotopic (exact) mass is 242 g/mol. The zero-order chi connectivity index (χ0) is 10.7. The lowest BCUT2D eigenvalue weighted by Crippen LogP contribution is -1.99. The van der Waals surface area contributed by atoms with Crippen LogP contribution in [-0.2, 0) is 6.54 Å². The highest BCUT2D eigenvalue weighted by molar-refractivity contribution is 7.07. The summed E-state index contributed by atoms with van der Waals surface area (Å²) in [5, 5.41) is 5.14. The van der Waals surface area contributed by atoms with Crippen molar-refractivity contribution in [2.24, 2.45) is 0 Å². The average Bonchev–Trinajstić information content (AvgIpc) is 2.73. The summed E-state index contributed by atoms with van der Waals surface area (Å²) in [6.45, 7) is 0.588. The maximum atomic E-state index is 13.1. The molecule has 0 amide bonds. The second-order valence-corrected chi connectivity index (χ2v) is 4.09. The molecule has 2 rings (SSSR count). The third kappa shape index (κ3) is 2.67. The average molecular weight is 243 g/mol. The molecule has 0 fully saturated rings. The van der Waals surface area contributed by atoms with Crippen molar-refractivity contribution in [3.8, 4) is 0 Å². The smallest absolute Gasteiger partial charge is 0.143 e. The van der Waals surface area contributed by atoms with E-state index in [1.807, 2.05) is 5.38 Å². The van der Waals surface area contributed by atoms with Crippen molar-refractivity contribution in [2.45, 2.75) is 6.54 Å². The predicted molar refractivity (Wildman–Crippen MR) is 60.9 cm³/mol. The number of nitrogens with zero attached hydrogens (tertiary/aromatic N) is 1. The van der Waals surface area contributed by atoms with Crippen molar-refractivity contribution in [3.05, 3.63) is 45.6 Å². The Morgan fingerprint density at radius 3 is 3.00 bits per heavy atom. The quantitative estimate of drug-likeness (QED) is 0.891. The first-order chi connectivity index (χ1) is 7.25. The van der Waals surface area contributed by atoms with Crippen LogP contribution in [0.2, 0.25) is 5.02 Å². The van der Waals surface area contributed by atoms with E-state index in [0.29, 0.717) is 12.2 Å². The van der Waals surface area contributed by atoms with Crippen LogP contribution in [0.15, 0.2) is 29.1 Å². The molecule has 0 aliphatic heterocycles. The fourth-order valence-electron chi connectivity index (χ4n) is 1.12. The van der Waals surface area contributed by atoms with E-state index in [4.69, 9.17) is 11.6 Å². The highest BCUT2D eigenvalue weighted by atomic mass is 35.5. The van der Waals surface area contributed by atoms with Crippen molar-refractivity contribution in [2.75, 3.05) is 5.32 Å². The molecule has 78 valence electrons. The van der Waals surface area contributed by atoms with Gasteiger partial charge >= 0.3 is 0 Å². The molecule has 0 radical (unpaired) electrons. The SMILES string of the molecule is Fc1cc(NCc2cscn2)ccc1Cl. The fraction of sp³-hybridized carbons (Fsp3) is 0.100. The molecule has 5 heteroatoms. The van der Waals surface area contributed by atoms with Gasteiger partial charge in [-0.15, -0.1) is 11.3 Å². The molecule has 15 heavy (non-hydrogen) atoms. The third-order valence-electron chi connectivity index (χ3n) is 1.88. The van der Waals surface area contributed by atoms with E-state index in [1.54, 1.807) is 11.6 Å². The maximum absolute atomic E-state index is 13.1. The first-order valence-electron chi connectivity index (χ1n) is 4.31. The second-order valence-electron chi connectivity index (χ2n) is 2.96. The Bertz CT molecular complexity index is 445. The number of halogens is 2. The molecule has 0 saturated heterocycles. The van der Waals surface area contributed by atoms with Crippen LogP contribution < -0.4 is 5.32 Å². The topological polar surface area (TPSA) is 24.9 Å². The zero-order valence-corrected chi connectivity index (χ0v) is 9.28. The van der Waals surface area contributed by atoms with E-state index in [0.717, 1.165) is 5.69 Å². The van der Waals surface area contributed by atoms with E-state index >= 15 is 0 Å². The van der Waals surface area contributed by atoms with Gasteiger partial charge in [-0.3, -0.25) is 0 Å². The Kier molecular flexibility index (Phi) is 3.18. The first-order valence-corrected chi connectivity index (χ1v) is 5.64. The van der Waals surface area contributed by atoms with Crippen molar-refractivity contribution in [3.63, 3.8) is 0 Å². The Labute approximate surface area is 95.7 Å². The molecular weight excluding hydrogens is 235 g/mol. The number of rotatable bonds is 3. The van der Waals surface area contributed by atoms with Gasteiger partial charge in [-0.25, -0.2) is 9.37 Å². The van der Waals surface area contributed by atoms with Crippen LogP contribution in [0.25, 0.3) is 0 Å². The molecule has 2 nitrogen and oxygen atoms in total. The Morgan fingerprint density at radius 1 is 1.47 bits per heavy atom. The summed E-state index contributed by atoms with van der Waals surface area (Å²) in [6.07, 6.45) is 0. The van der Waals surface area contributed by atoms with Crippen LogP contribution in [0, 0.1) is 5.82 Å². The lowest BCUT2D eigenvalue weighted by atomic mass is 10.3. The molecule has 0 bridgehead atoms. The summed E-state index contributed by atoms with van der Waals surface area (Å²) in [6, 6.07) is 4.63. The number of aromatic nitrogens is 1. The van der Waals surface area contributed by atoms with Gasteiger partial charge in [-0.05, 0) is 18.2 Å². The Balaban J connectivity index is 2.02. The molecule has 1 aromatic heterocycles. The number of hydrogen-bond donors (Lipinski definition) is 1. The normalized spacial score (nSPS) is 10.3. The molecule has 1 aromatic carbocycles. The van der Waals surface area contributed by atoms with E-state index in [2.05, 4.69) is 10.3 Å². The molecule has 0 spiro atoms. The number of benzene rings is 1. The Morgan fingerprint density at radius 2 is 2.33 bits per heavy atom. The molecular formula is C10H8ClFN2S. The van der Waals surface area contributed by atoms with Crippen LogP contribution in [0.4, 0.5) is 10.1 Å². The molecule has 1 heterocycles. The van der Waals surface area contributed by atoms with Crippen LogP contribution in [0.1, 0.15) is 5.69 Å². The number of hydrogen-bond acceptors (Lipinski definition) is 3. The first kappa shape index (κ1) is 10.4. The van der Waals surface area contributed by atoms with E-state index in [1.165, 1.54) is 23.5 Å². The van der Waals surface area contributed by atoms with Crippen molar-refractivity contribution < 1.29 is 4.39 Å². The summed E-state index contributed by atoms with van der Waals surface area (Å²) < 4.78 is 13.1. The fourth-order valence-corrected chi connectivity index (χ4v) is 1.80. The summed E-state index contributed by atoms with van der Waals surface area (Å²) in [7, 11) is 0. The van der Waals surface area contributed by atoms with Crippen LogP contribution in [0.5, 0.6) is 0 Å². The molecule has 0 aliphatic rings. The van der Waals surface area contributed by atoms with Gasteiger partial charge < -0.3 is 5.32 Å². The summed E-state index contributed by atoms with van der Waals surface area (Å²) in [5.74, 6) is -0.417. The minimum atomic E-state index is -0.417. The molecule has 0 atom stereocenters. The zero-order valence-electron chi connectivity index (χ0n) is 7.71. The number of anilines is 1. The highest BCUT2D eigenvalue weighted by Gasteiger charge is 2.01. The van der Waals surface area contributed by atoms with E-state index in [-0.39, 0.29) is 5.02 Å². The van der Waals surface area contributed by atoms with Crippen molar-refractivity contribution in [1.29, 1.82) is 0 Å². The van der Waals surface area contributed by atoms with E-state index in [9.17, 15) is 4.39 Å². The summed E-state index contributed by atoms with van der Waals surface area (Å²) >= 11 is 7.10. The largest absolute Gasteiger partial charge is 0.379 e. The standard InChI is InChI=1S/C10H8ClFN2S/c11-9-2-1-7(3-10(9)12)13-4-8-5-15-6-14-8/h1-3,5-6,13H,4H2. The van der Waals surface area contributed by atoms with Gasteiger partial charge in [0.25, 0.3) is 0 Å². The minimum Gasteiger partial charge on any atom is -0.379 e. The van der Waals surface area contributed by atoms with Crippen molar-refractivity contribution >= 4 is 28.6 Å². The lowest BCUT2D eigenvalue weighted by molar-refractivity contribution is 0.628. The molecule has 1 N–H and O–H groups in total. The van der Waals surface area contributed by atoms with Gasteiger partial charge in [-0.1, -0.05) is 11.6 Å². The van der Waals surface area contributed by atoms with Crippen molar-refractivity contribution in [1.82, 2.24) is 4.98 Å². The lowest BCUT2D eigenvalue weighted by Gasteiger charge is -2.04. The van der Waals surface area contributed by atoms with Crippen LogP contribution in [-0.4, -0.2) is 4.98 Å². The number of nitrogens with one attached hydrogen (secondary N) is 1. The highest BCUT2D eigenvalue weighted by Crippen LogP contribution is 2.19. The summed E-state index contributed by atoms with van der Waals surface area (Å²) in [4.78, 5) is 4.11. The predicted octanol–water partition coefficient (Wildman–Crippen LogP) is 3.55. The van der Waals surface area contributed by atoms with Gasteiger partial charge in [0.2, 0.25) is 0 Å². The van der Waals surface area contributed by atoms with E-state index < -0.39 is 5.82 Å². The molecule has 0 aliphatic carbocycles. The maximum Gasteiger partial charge on any atom is 0.143 e. The molecule has 2 aromatic rings. The van der Waals surface area contributed by atoms with Gasteiger partial charge in [0.05, 0.1) is 22.8 Å². The van der Waals surface area contributed by atoms with Crippen LogP contribution >= 0.6 is 22.9 Å². The van der Waals surface area contributed by atoms with Gasteiger partial charge in [0.1, 0.15) is 5.82 Å². The van der Waals surface area contributed by atoms with Gasteiger partial charge in [0.15, 0.2) is 0 Å². The van der Waals surface area contributed by atoms with Gasteiger partial charge in [0, 0.05) is 11.1 Å².